The van der Waals surface area contributed by atoms with Crippen molar-refractivity contribution in [1.82, 2.24) is 33.8 Å². The molecule has 3 heterocycles. The zero-order valence-corrected chi connectivity index (χ0v) is 19.7. The number of aromatic nitrogens is 5. The van der Waals surface area contributed by atoms with Gasteiger partial charge in [0, 0.05) is 52.6 Å². The Hall–Kier alpha value is -3.31. The van der Waals surface area contributed by atoms with Gasteiger partial charge in [-0.2, -0.15) is 0 Å². The zero-order valence-electron chi connectivity index (χ0n) is 18.9. The molecule has 0 spiro atoms. The summed E-state index contributed by atoms with van der Waals surface area (Å²) in [6.07, 6.45) is 3.22. The molecule has 0 aliphatic carbocycles. The number of hydrogen-bond acceptors (Lipinski definition) is 6. The standard InChI is InChI=1S/C22H27N7O3S/c1-4-28-18-9-8-16(33(31,32)27(2)3)15-17(18)24-19(28)10-11-22(30)23-13-12-21-26-25-20-7-5-6-14-29(20)21/h5-9,14-15H,4,10-13H2,1-3H3,(H,23,30). The molecule has 0 bridgehead atoms. The van der Waals surface area contributed by atoms with Crippen molar-refractivity contribution in [1.29, 1.82) is 0 Å². The van der Waals surface area contributed by atoms with Crippen molar-refractivity contribution in [2.24, 2.45) is 0 Å². The number of sulfonamides is 1. The average Bonchev–Trinajstić information content (AvgIpc) is 3.37. The van der Waals surface area contributed by atoms with E-state index in [1.165, 1.54) is 18.4 Å². The van der Waals surface area contributed by atoms with Gasteiger partial charge in [-0.15, -0.1) is 10.2 Å². The van der Waals surface area contributed by atoms with Crippen LogP contribution in [-0.2, 0) is 34.2 Å². The molecule has 33 heavy (non-hydrogen) atoms. The summed E-state index contributed by atoms with van der Waals surface area (Å²) in [5.74, 6) is 1.47. The minimum absolute atomic E-state index is 0.0746. The monoisotopic (exact) mass is 469 g/mol. The second kappa shape index (κ2) is 9.28. The summed E-state index contributed by atoms with van der Waals surface area (Å²) < 4.78 is 30.0. The Morgan fingerprint density at radius 2 is 1.91 bits per heavy atom. The number of imidazole rings is 1. The van der Waals surface area contributed by atoms with Crippen LogP contribution in [0.1, 0.15) is 25.0 Å². The van der Waals surface area contributed by atoms with Crippen molar-refractivity contribution >= 4 is 32.6 Å². The number of carbonyl (C=O) groups is 1. The van der Waals surface area contributed by atoms with Gasteiger partial charge in [-0.1, -0.05) is 6.07 Å². The smallest absolute Gasteiger partial charge is 0.242 e. The van der Waals surface area contributed by atoms with Crippen LogP contribution in [0.3, 0.4) is 0 Å². The molecule has 0 unspecified atom stereocenters. The zero-order chi connectivity index (χ0) is 23.6. The fourth-order valence-electron chi connectivity index (χ4n) is 3.76. The van der Waals surface area contributed by atoms with Gasteiger partial charge in [0.2, 0.25) is 15.9 Å². The summed E-state index contributed by atoms with van der Waals surface area (Å²) in [6.45, 7) is 3.13. The van der Waals surface area contributed by atoms with Crippen LogP contribution in [0.15, 0.2) is 47.5 Å². The summed E-state index contributed by atoms with van der Waals surface area (Å²) in [6, 6.07) is 10.7. The second-order valence-electron chi connectivity index (χ2n) is 7.86. The molecule has 4 rings (SSSR count). The second-order valence-corrected chi connectivity index (χ2v) is 10.0. The molecular formula is C22H27N7O3S. The van der Waals surface area contributed by atoms with Crippen molar-refractivity contribution in [2.45, 2.75) is 37.6 Å². The molecule has 0 saturated heterocycles. The van der Waals surface area contributed by atoms with Crippen LogP contribution in [0.25, 0.3) is 16.7 Å². The minimum atomic E-state index is -3.54. The highest BCUT2D eigenvalue weighted by atomic mass is 32.2. The molecule has 11 heteroatoms. The molecule has 0 radical (unpaired) electrons. The molecule has 10 nitrogen and oxygen atoms in total. The predicted octanol–water partition coefficient (Wildman–Crippen LogP) is 1.64. The van der Waals surface area contributed by atoms with Crippen LogP contribution in [-0.4, -0.2) is 63.4 Å². The van der Waals surface area contributed by atoms with E-state index in [4.69, 9.17) is 0 Å². The summed E-state index contributed by atoms with van der Waals surface area (Å²) in [4.78, 5) is 17.2. The Morgan fingerprint density at radius 3 is 2.67 bits per heavy atom. The molecule has 4 aromatic rings. The molecule has 0 fully saturated rings. The van der Waals surface area contributed by atoms with Crippen LogP contribution in [0.4, 0.5) is 0 Å². The van der Waals surface area contributed by atoms with Crippen molar-refractivity contribution in [2.75, 3.05) is 20.6 Å². The number of rotatable bonds is 9. The van der Waals surface area contributed by atoms with E-state index >= 15 is 0 Å². The van der Waals surface area contributed by atoms with Crippen LogP contribution in [0.5, 0.6) is 0 Å². The highest BCUT2D eigenvalue weighted by molar-refractivity contribution is 7.89. The van der Waals surface area contributed by atoms with Crippen molar-refractivity contribution in [3.63, 3.8) is 0 Å². The van der Waals surface area contributed by atoms with Gasteiger partial charge in [-0.05, 0) is 37.3 Å². The van der Waals surface area contributed by atoms with E-state index < -0.39 is 10.0 Å². The third-order valence-electron chi connectivity index (χ3n) is 5.52. The minimum Gasteiger partial charge on any atom is -0.356 e. The summed E-state index contributed by atoms with van der Waals surface area (Å²) >= 11 is 0. The third-order valence-corrected chi connectivity index (χ3v) is 7.34. The van der Waals surface area contributed by atoms with Gasteiger partial charge in [0.25, 0.3) is 0 Å². The SMILES string of the molecule is CCn1c(CCC(=O)NCCc2nnc3ccccn23)nc2cc(S(=O)(=O)N(C)C)ccc21. The fraction of sp³-hybridized carbons (Fsp3) is 0.364. The molecule has 0 aliphatic rings. The average molecular weight is 470 g/mol. The maximum Gasteiger partial charge on any atom is 0.242 e. The number of fused-ring (bicyclic) bond motifs is 2. The van der Waals surface area contributed by atoms with Crippen molar-refractivity contribution in [3.05, 3.63) is 54.2 Å². The number of carbonyl (C=O) groups excluding carboxylic acids is 1. The Labute approximate surface area is 192 Å². The maximum absolute atomic E-state index is 12.4. The molecule has 1 amide bonds. The van der Waals surface area contributed by atoms with Gasteiger partial charge in [0.1, 0.15) is 11.6 Å². The van der Waals surface area contributed by atoms with Crippen LogP contribution >= 0.6 is 0 Å². The van der Waals surface area contributed by atoms with Gasteiger partial charge in [0.15, 0.2) is 5.65 Å². The molecule has 0 saturated carbocycles. The topological polar surface area (TPSA) is 114 Å². The van der Waals surface area contributed by atoms with E-state index in [0.29, 0.717) is 31.4 Å². The van der Waals surface area contributed by atoms with E-state index in [2.05, 4.69) is 20.5 Å². The van der Waals surface area contributed by atoms with E-state index in [1.54, 1.807) is 18.2 Å². The Bertz CT molecular complexity index is 1410. The Morgan fingerprint density at radius 1 is 1.09 bits per heavy atom. The van der Waals surface area contributed by atoms with Gasteiger partial charge < -0.3 is 9.88 Å². The highest BCUT2D eigenvalue weighted by Gasteiger charge is 2.19. The lowest BCUT2D eigenvalue weighted by molar-refractivity contribution is -0.121. The van der Waals surface area contributed by atoms with Gasteiger partial charge in [-0.3, -0.25) is 9.20 Å². The summed E-state index contributed by atoms with van der Waals surface area (Å²) in [5.41, 5.74) is 2.23. The molecule has 3 aromatic heterocycles. The number of aryl methyl sites for hydroxylation is 2. The number of nitrogens with one attached hydrogen (secondary N) is 1. The third kappa shape index (κ3) is 4.60. The van der Waals surface area contributed by atoms with Gasteiger partial charge in [0.05, 0.1) is 15.9 Å². The Balaban J connectivity index is 1.40. The molecule has 174 valence electrons. The lowest BCUT2D eigenvalue weighted by Gasteiger charge is -2.11. The van der Waals surface area contributed by atoms with Crippen molar-refractivity contribution < 1.29 is 13.2 Å². The predicted molar refractivity (Wildman–Crippen MR) is 124 cm³/mol. The van der Waals surface area contributed by atoms with E-state index in [-0.39, 0.29) is 17.2 Å². The molecule has 1 aromatic carbocycles. The normalized spacial score (nSPS) is 12.1. The first kappa shape index (κ1) is 22.9. The first-order chi connectivity index (χ1) is 15.8. The maximum atomic E-state index is 12.4. The lowest BCUT2D eigenvalue weighted by atomic mass is 10.2. The van der Waals surface area contributed by atoms with Crippen molar-refractivity contribution in [3.8, 4) is 0 Å². The number of nitrogens with zero attached hydrogens (tertiary/aromatic N) is 6. The molecule has 0 atom stereocenters. The quantitative estimate of drug-likeness (QED) is 0.399. The molecule has 1 N–H and O–H groups in total. The number of benzene rings is 1. The first-order valence-corrected chi connectivity index (χ1v) is 12.2. The summed E-state index contributed by atoms with van der Waals surface area (Å²) in [5, 5.41) is 11.2. The van der Waals surface area contributed by atoms with E-state index in [9.17, 15) is 13.2 Å². The van der Waals surface area contributed by atoms with Gasteiger partial charge in [-0.25, -0.2) is 17.7 Å². The lowest BCUT2D eigenvalue weighted by Crippen LogP contribution is -2.26. The highest BCUT2D eigenvalue weighted by Crippen LogP contribution is 2.22. The number of amides is 1. The first-order valence-electron chi connectivity index (χ1n) is 10.8. The molecule has 0 aliphatic heterocycles. The number of pyridine rings is 1. The fourth-order valence-corrected chi connectivity index (χ4v) is 4.69. The summed E-state index contributed by atoms with van der Waals surface area (Å²) in [7, 11) is -0.539. The molecular weight excluding hydrogens is 442 g/mol. The van der Waals surface area contributed by atoms with Crippen LogP contribution < -0.4 is 5.32 Å². The van der Waals surface area contributed by atoms with E-state index in [1.807, 2.05) is 40.3 Å². The van der Waals surface area contributed by atoms with Crippen LogP contribution in [0, 0.1) is 0 Å². The largest absolute Gasteiger partial charge is 0.356 e. The number of hydrogen-bond donors (Lipinski definition) is 1. The Kier molecular flexibility index (Phi) is 6.43. The van der Waals surface area contributed by atoms with Gasteiger partial charge >= 0.3 is 0 Å². The van der Waals surface area contributed by atoms with E-state index in [0.717, 1.165) is 22.8 Å². The van der Waals surface area contributed by atoms with Crippen LogP contribution in [0.2, 0.25) is 0 Å².